The molecular formula is C17H19FN4O2. The van der Waals surface area contributed by atoms with E-state index in [-0.39, 0.29) is 23.1 Å². The Morgan fingerprint density at radius 2 is 1.96 bits per heavy atom. The highest BCUT2D eigenvalue weighted by molar-refractivity contribution is 5.97. The second-order valence-electron chi connectivity index (χ2n) is 6.14. The van der Waals surface area contributed by atoms with Crippen LogP contribution in [0.15, 0.2) is 30.3 Å². The van der Waals surface area contributed by atoms with E-state index in [4.69, 9.17) is 5.73 Å². The van der Waals surface area contributed by atoms with Crippen molar-refractivity contribution >= 4 is 11.8 Å². The van der Waals surface area contributed by atoms with Gasteiger partial charge in [0, 0.05) is 6.07 Å². The summed E-state index contributed by atoms with van der Waals surface area (Å²) < 4.78 is 13.7. The number of hydrogen-bond acceptors (Lipinski definition) is 3. The van der Waals surface area contributed by atoms with Crippen LogP contribution in [-0.2, 0) is 5.54 Å². The van der Waals surface area contributed by atoms with E-state index < -0.39 is 11.4 Å². The lowest BCUT2D eigenvalue weighted by Crippen LogP contribution is -2.47. The van der Waals surface area contributed by atoms with Gasteiger partial charge in [-0.1, -0.05) is 31.4 Å². The van der Waals surface area contributed by atoms with Crippen LogP contribution in [0.25, 0.3) is 0 Å². The molecule has 2 amide bonds. The van der Waals surface area contributed by atoms with Crippen molar-refractivity contribution in [3.8, 4) is 0 Å². The van der Waals surface area contributed by atoms with Crippen LogP contribution in [0, 0.1) is 5.82 Å². The van der Waals surface area contributed by atoms with Crippen LogP contribution >= 0.6 is 0 Å². The number of aromatic nitrogens is 2. The molecule has 0 radical (unpaired) electrons. The molecule has 4 N–H and O–H groups in total. The number of H-pyrrole nitrogens is 1. The first-order valence-electron chi connectivity index (χ1n) is 7.94. The molecular weight excluding hydrogens is 311 g/mol. The second kappa shape index (κ2) is 6.43. The van der Waals surface area contributed by atoms with Gasteiger partial charge in [-0.3, -0.25) is 14.7 Å². The Morgan fingerprint density at radius 1 is 1.21 bits per heavy atom. The molecule has 1 aliphatic carbocycles. The maximum atomic E-state index is 13.7. The lowest BCUT2D eigenvalue weighted by Gasteiger charge is -2.38. The summed E-state index contributed by atoms with van der Waals surface area (Å²) in [5.74, 6) is -1.42. The first-order valence-corrected chi connectivity index (χ1v) is 7.94. The third-order valence-corrected chi connectivity index (χ3v) is 4.51. The van der Waals surface area contributed by atoms with E-state index in [2.05, 4.69) is 15.5 Å². The third-order valence-electron chi connectivity index (χ3n) is 4.51. The van der Waals surface area contributed by atoms with Crippen molar-refractivity contribution in [3.05, 3.63) is 53.1 Å². The lowest BCUT2D eigenvalue weighted by molar-refractivity contribution is 0.0860. The molecule has 126 valence electrons. The van der Waals surface area contributed by atoms with Crippen LogP contribution in [0.3, 0.4) is 0 Å². The van der Waals surface area contributed by atoms with Gasteiger partial charge < -0.3 is 11.1 Å². The molecule has 3 rings (SSSR count). The summed E-state index contributed by atoms with van der Waals surface area (Å²) in [5, 5.41) is 9.25. The fourth-order valence-corrected chi connectivity index (χ4v) is 3.28. The van der Waals surface area contributed by atoms with Crippen molar-refractivity contribution in [2.45, 2.75) is 37.6 Å². The zero-order valence-electron chi connectivity index (χ0n) is 13.1. The number of nitrogens with two attached hydrogens (primary N) is 1. The molecule has 1 aromatic heterocycles. The minimum atomic E-state index is -0.706. The van der Waals surface area contributed by atoms with E-state index in [0.29, 0.717) is 0 Å². The van der Waals surface area contributed by atoms with Gasteiger partial charge in [0.2, 0.25) is 0 Å². The number of carbonyl (C=O) groups is 2. The van der Waals surface area contributed by atoms with Gasteiger partial charge in [-0.25, -0.2) is 4.39 Å². The van der Waals surface area contributed by atoms with E-state index in [1.165, 1.54) is 18.2 Å². The summed E-state index contributed by atoms with van der Waals surface area (Å²) in [6.45, 7) is 0. The van der Waals surface area contributed by atoms with Gasteiger partial charge in [-0.15, -0.1) is 0 Å². The van der Waals surface area contributed by atoms with Crippen LogP contribution in [0.2, 0.25) is 0 Å². The molecule has 1 aliphatic rings. The summed E-state index contributed by atoms with van der Waals surface area (Å²) in [6, 6.07) is 7.65. The van der Waals surface area contributed by atoms with Gasteiger partial charge >= 0.3 is 0 Å². The number of hydrogen-bond donors (Lipinski definition) is 3. The minimum Gasteiger partial charge on any atom is -0.364 e. The van der Waals surface area contributed by atoms with E-state index >= 15 is 0 Å². The van der Waals surface area contributed by atoms with Crippen molar-refractivity contribution in [2.75, 3.05) is 0 Å². The van der Waals surface area contributed by atoms with Crippen molar-refractivity contribution in [1.29, 1.82) is 0 Å². The molecule has 0 bridgehead atoms. The van der Waals surface area contributed by atoms with Crippen molar-refractivity contribution in [3.63, 3.8) is 0 Å². The van der Waals surface area contributed by atoms with Crippen LogP contribution in [0.1, 0.15) is 58.6 Å². The zero-order valence-corrected chi connectivity index (χ0v) is 13.1. The Kier molecular flexibility index (Phi) is 4.33. The number of carbonyl (C=O) groups excluding carboxylic acids is 2. The third kappa shape index (κ3) is 3.15. The topological polar surface area (TPSA) is 101 Å². The number of nitrogens with one attached hydrogen (secondary N) is 2. The molecule has 0 aliphatic heterocycles. The van der Waals surface area contributed by atoms with Crippen molar-refractivity contribution < 1.29 is 14.0 Å². The van der Waals surface area contributed by atoms with Crippen molar-refractivity contribution in [1.82, 2.24) is 15.5 Å². The van der Waals surface area contributed by atoms with Crippen LogP contribution < -0.4 is 11.1 Å². The van der Waals surface area contributed by atoms with E-state index in [1.54, 1.807) is 6.07 Å². The summed E-state index contributed by atoms with van der Waals surface area (Å²) >= 11 is 0. The molecule has 1 saturated carbocycles. The van der Waals surface area contributed by atoms with Gasteiger partial charge in [0.15, 0.2) is 5.69 Å². The van der Waals surface area contributed by atoms with E-state index in [0.717, 1.165) is 37.7 Å². The molecule has 2 aromatic rings. The van der Waals surface area contributed by atoms with Gasteiger partial charge in [-0.2, -0.15) is 5.10 Å². The summed E-state index contributed by atoms with van der Waals surface area (Å²) in [5.41, 5.74) is 5.45. The maximum Gasteiger partial charge on any atom is 0.270 e. The first-order chi connectivity index (χ1) is 11.5. The predicted molar refractivity (Wildman–Crippen MR) is 85.7 cm³/mol. The second-order valence-corrected chi connectivity index (χ2v) is 6.14. The highest BCUT2D eigenvalue weighted by Gasteiger charge is 2.36. The molecule has 1 aromatic carbocycles. The van der Waals surface area contributed by atoms with Gasteiger partial charge in [-0.05, 0) is 30.5 Å². The fourth-order valence-electron chi connectivity index (χ4n) is 3.28. The number of primary amides is 1. The van der Waals surface area contributed by atoms with E-state index in [9.17, 15) is 14.0 Å². The average molecular weight is 330 g/mol. The number of rotatable bonds is 4. The highest BCUT2D eigenvalue weighted by atomic mass is 19.1. The number of amides is 2. The Hall–Kier alpha value is -2.70. The monoisotopic (exact) mass is 330 g/mol. The predicted octanol–water partition coefficient (Wildman–Crippen LogP) is 2.24. The van der Waals surface area contributed by atoms with Gasteiger partial charge in [0.05, 0.1) is 5.54 Å². The molecule has 0 spiro atoms. The SMILES string of the molecule is NC(=O)c1cc(C(=O)NC2(c3cccc(F)c3)CCCCC2)[nH]n1. The number of benzene rings is 1. The first kappa shape index (κ1) is 16.2. The molecule has 24 heavy (non-hydrogen) atoms. The number of aromatic amines is 1. The molecule has 1 heterocycles. The number of halogens is 1. The van der Waals surface area contributed by atoms with Crippen molar-refractivity contribution in [2.24, 2.45) is 5.73 Å². The highest BCUT2D eigenvalue weighted by Crippen LogP contribution is 2.37. The number of nitrogens with zero attached hydrogens (tertiary/aromatic N) is 1. The Labute approximate surface area is 138 Å². The van der Waals surface area contributed by atoms with Crippen LogP contribution in [0.4, 0.5) is 4.39 Å². The smallest absolute Gasteiger partial charge is 0.270 e. The Morgan fingerprint density at radius 3 is 2.58 bits per heavy atom. The minimum absolute atomic E-state index is 0.00333. The quantitative estimate of drug-likeness (QED) is 0.801. The van der Waals surface area contributed by atoms with E-state index in [1.807, 2.05) is 6.07 Å². The van der Waals surface area contributed by atoms with Gasteiger partial charge in [0.1, 0.15) is 11.5 Å². The molecule has 6 nitrogen and oxygen atoms in total. The zero-order chi connectivity index (χ0) is 17.2. The molecule has 1 fully saturated rings. The largest absolute Gasteiger partial charge is 0.364 e. The maximum absolute atomic E-state index is 13.7. The standard InChI is InChI=1S/C17H19FN4O2/c18-12-6-4-5-11(9-12)17(7-2-1-3-8-17)20-16(24)14-10-13(15(19)23)21-22-14/h4-6,9-10H,1-3,7-8H2,(H2,19,23)(H,20,24)(H,21,22). The molecule has 0 atom stereocenters. The summed E-state index contributed by atoms with van der Waals surface area (Å²) in [7, 11) is 0. The van der Waals surface area contributed by atoms with Crippen LogP contribution in [-0.4, -0.2) is 22.0 Å². The average Bonchev–Trinajstić information content (AvgIpc) is 3.06. The Balaban J connectivity index is 1.89. The van der Waals surface area contributed by atoms with Crippen LogP contribution in [0.5, 0.6) is 0 Å². The van der Waals surface area contributed by atoms with Gasteiger partial charge in [0.25, 0.3) is 11.8 Å². The summed E-state index contributed by atoms with van der Waals surface area (Å²) in [4.78, 5) is 23.7. The fraction of sp³-hybridized carbons (Fsp3) is 0.353. The molecule has 0 saturated heterocycles. The molecule has 0 unspecified atom stereocenters. The Bertz CT molecular complexity index is 765. The lowest BCUT2D eigenvalue weighted by atomic mass is 9.76. The normalized spacial score (nSPS) is 16.5. The summed E-state index contributed by atoms with van der Waals surface area (Å²) in [6.07, 6.45) is 4.46. The molecule has 7 heteroatoms.